The lowest BCUT2D eigenvalue weighted by Gasteiger charge is -2.32. The molecule has 0 amide bonds. The summed E-state index contributed by atoms with van der Waals surface area (Å²) in [6.07, 6.45) is 3.29. The van der Waals surface area contributed by atoms with Crippen molar-refractivity contribution in [3.63, 3.8) is 0 Å². The molecule has 3 aliphatic rings. The normalized spacial score (nSPS) is 19.8. The van der Waals surface area contributed by atoms with Gasteiger partial charge >= 0.3 is 0 Å². The van der Waals surface area contributed by atoms with Crippen molar-refractivity contribution in [3.05, 3.63) is 81.4 Å². The third-order valence-electron chi connectivity index (χ3n) is 6.87. The second-order valence-electron chi connectivity index (χ2n) is 9.07. The number of ether oxygens (including phenoxy) is 1. The van der Waals surface area contributed by atoms with Crippen LogP contribution in [0.2, 0.25) is 5.02 Å². The molecule has 0 radical (unpaired) electrons. The van der Waals surface area contributed by atoms with E-state index >= 15 is 0 Å². The van der Waals surface area contributed by atoms with Gasteiger partial charge in [-0.05, 0) is 54.3 Å². The van der Waals surface area contributed by atoms with E-state index in [-0.39, 0.29) is 0 Å². The Morgan fingerprint density at radius 3 is 3.03 bits per heavy atom. The van der Waals surface area contributed by atoms with Crippen LogP contribution in [-0.4, -0.2) is 40.7 Å². The van der Waals surface area contributed by atoms with E-state index in [1.807, 2.05) is 18.2 Å². The predicted octanol–water partition coefficient (Wildman–Crippen LogP) is 4.89. The molecule has 5 nitrogen and oxygen atoms in total. The Balaban J connectivity index is 1.20. The molecular weight excluding hydrogens is 420 g/mol. The molecule has 0 saturated carbocycles. The quantitative estimate of drug-likeness (QED) is 0.622. The Morgan fingerprint density at radius 1 is 1.19 bits per heavy atom. The number of anilines is 1. The zero-order valence-electron chi connectivity index (χ0n) is 18.3. The van der Waals surface area contributed by atoms with Crippen LogP contribution in [0, 0.1) is 6.92 Å². The number of fused-ring (bicyclic) bond motifs is 3. The first-order chi connectivity index (χ1) is 15.6. The van der Waals surface area contributed by atoms with Gasteiger partial charge in [-0.2, -0.15) is 0 Å². The fourth-order valence-electron chi connectivity index (χ4n) is 5.23. The van der Waals surface area contributed by atoms with Crippen LogP contribution in [0.5, 0.6) is 5.75 Å². The van der Waals surface area contributed by atoms with Gasteiger partial charge in [-0.15, -0.1) is 0 Å². The molecule has 2 aromatic carbocycles. The SMILES string of the molecule is Cc1nc(C2COc3ccccc3C2)n2c1CN(CC1=Cc3cc(Cl)ccc3NC1)CC2. The summed E-state index contributed by atoms with van der Waals surface area (Å²) in [5, 5.41) is 4.31. The molecule has 0 aliphatic carbocycles. The molecule has 164 valence electrons. The molecular formula is C26H27ClN4O. The third kappa shape index (κ3) is 3.59. The van der Waals surface area contributed by atoms with Crippen molar-refractivity contribution >= 4 is 23.4 Å². The number of nitrogens with zero attached hydrogens (tertiary/aromatic N) is 3. The fraction of sp³-hybridized carbons (Fsp3) is 0.346. The first-order valence-electron chi connectivity index (χ1n) is 11.4. The smallest absolute Gasteiger partial charge is 0.122 e. The van der Waals surface area contributed by atoms with Crippen molar-refractivity contribution in [2.24, 2.45) is 0 Å². The summed E-state index contributed by atoms with van der Waals surface area (Å²) < 4.78 is 8.52. The Labute approximate surface area is 193 Å². The number of halogens is 1. The minimum atomic E-state index is 0.315. The minimum absolute atomic E-state index is 0.315. The maximum atomic E-state index is 6.20. The van der Waals surface area contributed by atoms with Crippen LogP contribution in [0.1, 0.15) is 34.3 Å². The summed E-state index contributed by atoms with van der Waals surface area (Å²) in [6.45, 7) is 7.63. The molecule has 0 spiro atoms. The molecule has 6 heteroatoms. The Morgan fingerprint density at radius 2 is 2.09 bits per heavy atom. The lowest BCUT2D eigenvalue weighted by atomic mass is 9.96. The van der Waals surface area contributed by atoms with E-state index in [4.69, 9.17) is 21.3 Å². The third-order valence-corrected chi connectivity index (χ3v) is 7.10. The number of aromatic nitrogens is 2. The Bertz CT molecular complexity index is 1210. The summed E-state index contributed by atoms with van der Waals surface area (Å²) >= 11 is 6.20. The van der Waals surface area contributed by atoms with E-state index in [1.165, 1.54) is 28.2 Å². The van der Waals surface area contributed by atoms with E-state index in [0.717, 1.165) is 61.3 Å². The molecule has 3 aliphatic heterocycles. The molecule has 1 aromatic heterocycles. The van der Waals surface area contributed by atoms with Crippen LogP contribution in [0.25, 0.3) is 6.08 Å². The summed E-state index contributed by atoms with van der Waals surface area (Å²) in [5.74, 6) is 2.53. The van der Waals surface area contributed by atoms with E-state index in [9.17, 15) is 0 Å². The van der Waals surface area contributed by atoms with Crippen LogP contribution < -0.4 is 10.1 Å². The van der Waals surface area contributed by atoms with E-state index in [1.54, 1.807) is 0 Å². The number of nitrogens with one attached hydrogen (secondary N) is 1. The Kier molecular flexibility index (Phi) is 4.96. The number of aryl methyl sites for hydroxylation is 1. The van der Waals surface area contributed by atoms with Gasteiger partial charge in [-0.3, -0.25) is 4.90 Å². The summed E-state index contributed by atoms with van der Waals surface area (Å²) in [6, 6.07) is 14.4. The van der Waals surface area contributed by atoms with Gasteiger partial charge in [0.2, 0.25) is 0 Å². The number of para-hydroxylation sites is 1. The molecule has 6 rings (SSSR count). The van der Waals surface area contributed by atoms with Gasteiger partial charge in [-0.25, -0.2) is 4.98 Å². The van der Waals surface area contributed by atoms with Gasteiger partial charge in [-0.1, -0.05) is 35.9 Å². The van der Waals surface area contributed by atoms with Gasteiger partial charge in [0.05, 0.1) is 23.9 Å². The minimum Gasteiger partial charge on any atom is -0.493 e. The van der Waals surface area contributed by atoms with Gasteiger partial charge < -0.3 is 14.6 Å². The number of hydrogen-bond acceptors (Lipinski definition) is 4. The number of imidazole rings is 1. The highest BCUT2D eigenvalue weighted by molar-refractivity contribution is 6.30. The largest absolute Gasteiger partial charge is 0.493 e. The van der Waals surface area contributed by atoms with Crippen molar-refractivity contribution in [1.82, 2.24) is 14.5 Å². The first kappa shape index (κ1) is 19.9. The topological polar surface area (TPSA) is 42.3 Å². The fourth-order valence-corrected chi connectivity index (χ4v) is 5.42. The zero-order valence-corrected chi connectivity index (χ0v) is 19.0. The first-order valence-corrected chi connectivity index (χ1v) is 11.7. The van der Waals surface area contributed by atoms with Gasteiger partial charge in [0, 0.05) is 43.4 Å². The van der Waals surface area contributed by atoms with Crippen molar-refractivity contribution < 1.29 is 4.74 Å². The molecule has 0 bridgehead atoms. The monoisotopic (exact) mass is 446 g/mol. The van der Waals surface area contributed by atoms with Crippen LogP contribution in [0.4, 0.5) is 5.69 Å². The van der Waals surface area contributed by atoms with E-state index in [2.05, 4.69) is 52.0 Å². The standard InChI is InChI=1S/C26H27ClN4O/c1-17-24-15-30(14-18-10-20-12-22(27)6-7-23(20)28-13-18)8-9-31(24)26(29-17)21-11-19-4-2-3-5-25(19)32-16-21/h2-7,10,12,21,28H,8-9,11,13-16H2,1H3. The summed E-state index contributed by atoms with van der Waals surface area (Å²) in [5.41, 5.74) is 7.51. The molecule has 0 saturated heterocycles. The lowest BCUT2D eigenvalue weighted by molar-refractivity contribution is 0.224. The van der Waals surface area contributed by atoms with Crippen molar-refractivity contribution in [3.8, 4) is 5.75 Å². The number of rotatable bonds is 3. The highest BCUT2D eigenvalue weighted by atomic mass is 35.5. The van der Waals surface area contributed by atoms with Crippen LogP contribution in [0.15, 0.2) is 48.0 Å². The highest BCUT2D eigenvalue weighted by Crippen LogP contribution is 2.34. The van der Waals surface area contributed by atoms with Gasteiger partial charge in [0.15, 0.2) is 0 Å². The molecule has 32 heavy (non-hydrogen) atoms. The molecule has 4 heterocycles. The molecule has 0 fully saturated rings. The van der Waals surface area contributed by atoms with E-state index in [0.29, 0.717) is 12.5 Å². The molecule has 3 aromatic rings. The number of hydrogen-bond donors (Lipinski definition) is 1. The predicted molar refractivity (Wildman–Crippen MR) is 129 cm³/mol. The van der Waals surface area contributed by atoms with Crippen LogP contribution in [-0.2, 0) is 19.5 Å². The van der Waals surface area contributed by atoms with Crippen LogP contribution in [0.3, 0.4) is 0 Å². The van der Waals surface area contributed by atoms with Crippen molar-refractivity contribution in [2.45, 2.75) is 32.4 Å². The average molecular weight is 447 g/mol. The zero-order chi connectivity index (χ0) is 21.7. The molecule has 1 atom stereocenters. The van der Waals surface area contributed by atoms with Gasteiger partial charge in [0.25, 0.3) is 0 Å². The highest BCUT2D eigenvalue weighted by Gasteiger charge is 2.30. The maximum Gasteiger partial charge on any atom is 0.122 e. The maximum absolute atomic E-state index is 6.20. The van der Waals surface area contributed by atoms with Crippen molar-refractivity contribution in [1.29, 1.82) is 0 Å². The van der Waals surface area contributed by atoms with E-state index < -0.39 is 0 Å². The lowest BCUT2D eigenvalue weighted by Crippen LogP contribution is -2.37. The average Bonchev–Trinajstić information content (AvgIpc) is 3.14. The van der Waals surface area contributed by atoms with Crippen LogP contribution >= 0.6 is 11.6 Å². The second kappa shape index (κ2) is 7.98. The Hall–Kier alpha value is -2.76. The molecule has 1 N–H and O–H groups in total. The van der Waals surface area contributed by atoms with Gasteiger partial charge in [0.1, 0.15) is 11.6 Å². The molecule has 1 unspecified atom stereocenters. The number of benzene rings is 2. The second-order valence-corrected chi connectivity index (χ2v) is 9.51. The summed E-state index contributed by atoms with van der Waals surface area (Å²) in [7, 11) is 0. The summed E-state index contributed by atoms with van der Waals surface area (Å²) in [4.78, 5) is 7.56. The van der Waals surface area contributed by atoms with Crippen molar-refractivity contribution in [2.75, 3.05) is 31.6 Å².